The summed E-state index contributed by atoms with van der Waals surface area (Å²) in [4.78, 5) is 13.3. The zero-order chi connectivity index (χ0) is 17.2. The normalized spacial score (nSPS) is 38.9. The minimum absolute atomic E-state index is 0.144. The van der Waals surface area contributed by atoms with Crippen LogP contribution in [-0.4, -0.2) is 5.78 Å². The van der Waals surface area contributed by atoms with Crippen molar-refractivity contribution in [2.45, 2.75) is 57.3 Å². The SMILES string of the molecule is CC1CC2=C3C4CCC2(C4)C2C(=O)CCc4cc5cccc(c5cc42)C31. The Bertz CT molecular complexity index is 1060. The average Bonchev–Trinajstić information content (AvgIpc) is 3.29. The summed E-state index contributed by atoms with van der Waals surface area (Å²) in [6.45, 7) is 2.45. The molecule has 2 aromatic carbocycles. The van der Waals surface area contributed by atoms with Gasteiger partial charge in [-0.1, -0.05) is 42.3 Å². The Morgan fingerprint density at radius 2 is 2.04 bits per heavy atom. The van der Waals surface area contributed by atoms with Gasteiger partial charge in [-0.2, -0.15) is 0 Å². The summed E-state index contributed by atoms with van der Waals surface area (Å²) in [6, 6.07) is 11.8. The van der Waals surface area contributed by atoms with Gasteiger partial charge in [0.05, 0.1) is 5.92 Å². The number of aryl methyl sites for hydroxylation is 1. The summed E-state index contributed by atoms with van der Waals surface area (Å²) in [5.74, 6) is 2.70. The van der Waals surface area contributed by atoms with Crippen LogP contribution in [-0.2, 0) is 11.2 Å². The van der Waals surface area contributed by atoms with Crippen LogP contribution in [0.2, 0.25) is 0 Å². The third kappa shape index (κ3) is 1.39. The molecule has 26 heavy (non-hydrogen) atoms. The average molecular weight is 340 g/mol. The predicted molar refractivity (Wildman–Crippen MR) is 103 cm³/mol. The van der Waals surface area contributed by atoms with Crippen LogP contribution in [0.15, 0.2) is 41.5 Å². The number of rotatable bonds is 0. The van der Waals surface area contributed by atoms with Crippen molar-refractivity contribution in [3.63, 3.8) is 0 Å². The molecular weight excluding hydrogens is 316 g/mol. The largest absolute Gasteiger partial charge is 0.299 e. The summed E-state index contributed by atoms with van der Waals surface area (Å²) < 4.78 is 0. The fraction of sp³-hybridized carbons (Fsp3) is 0.480. The van der Waals surface area contributed by atoms with Crippen molar-refractivity contribution >= 4 is 16.6 Å². The molecule has 1 nitrogen and oxygen atoms in total. The Kier molecular flexibility index (Phi) is 2.36. The molecule has 0 saturated heterocycles. The highest BCUT2D eigenvalue weighted by Crippen LogP contribution is 2.72. The predicted octanol–water partition coefficient (Wildman–Crippen LogP) is 5.67. The van der Waals surface area contributed by atoms with Gasteiger partial charge in [0, 0.05) is 17.8 Å². The summed E-state index contributed by atoms with van der Waals surface area (Å²) in [5, 5.41) is 2.82. The maximum Gasteiger partial charge on any atom is 0.141 e. The number of ketones is 1. The van der Waals surface area contributed by atoms with E-state index in [0.717, 1.165) is 18.8 Å². The molecule has 0 amide bonds. The summed E-state index contributed by atoms with van der Waals surface area (Å²) in [5.41, 5.74) is 8.08. The van der Waals surface area contributed by atoms with Gasteiger partial charge in [0.15, 0.2) is 0 Å². The number of carbonyl (C=O) groups excluding carboxylic acids is 1. The molecule has 130 valence electrons. The van der Waals surface area contributed by atoms with Gasteiger partial charge in [-0.05, 0) is 77.5 Å². The zero-order valence-corrected chi connectivity index (χ0v) is 15.3. The van der Waals surface area contributed by atoms with Crippen molar-refractivity contribution in [2.75, 3.05) is 0 Å². The third-order valence-electron chi connectivity index (χ3n) is 8.70. The van der Waals surface area contributed by atoms with Gasteiger partial charge in [-0.25, -0.2) is 0 Å². The Hall–Kier alpha value is -1.89. The van der Waals surface area contributed by atoms with E-state index in [1.54, 1.807) is 16.7 Å². The number of Topliss-reactive ketones (excluding diaryl/α,β-unsaturated/α-hetero) is 1. The molecule has 5 atom stereocenters. The first-order chi connectivity index (χ1) is 12.7. The van der Waals surface area contributed by atoms with E-state index in [4.69, 9.17) is 0 Å². The highest BCUT2D eigenvalue weighted by molar-refractivity contribution is 5.95. The first-order valence-electron chi connectivity index (χ1n) is 10.5. The van der Waals surface area contributed by atoms with Crippen molar-refractivity contribution in [3.8, 4) is 0 Å². The summed E-state index contributed by atoms with van der Waals surface area (Å²) in [6.07, 6.45) is 6.74. The summed E-state index contributed by atoms with van der Waals surface area (Å²) >= 11 is 0. The highest BCUT2D eigenvalue weighted by atomic mass is 16.1. The second kappa shape index (κ2) is 4.32. The molecule has 0 aromatic heterocycles. The Labute approximate surface area is 154 Å². The highest BCUT2D eigenvalue weighted by Gasteiger charge is 2.61. The monoisotopic (exact) mass is 340 g/mol. The van der Waals surface area contributed by atoms with Gasteiger partial charge in [0.1, 0.15) is 5.78 Å². The molecule has 5 unspecified atom stereocenters. The van der Waals surface area contributed by atoms with Gasteiger partial charge in [-0.3, -0.25) is 4.79 Å². The van der Waals surface area contributed by atoms with E-state index in [-0.39, 0.29) is 11.3 Å². The summed E-state index contributed by atoms with van der Waals surface area (Å²) in [7, 11) is 0. The fourth-order valence-corrected chi connectivity index (χ4v) is 7.92. The lowest BCUT2D eigenvalue weighted by Gasteiger charge is -2.41. The minimum Gasteiger partial charge on any atom is -0.299 e. The lowest BCUT2D eigenvalue weighted by atomic mass is 9.61. The van der Waals surface area contributed by atoms with E-state index in [1.165, 1.54) is 47.6 Å². The molecule has 1 fully saturated rings. The number of benzene rings is 2. The molecule has 5 aliphatic carbocycles. The molecule has 7 rings (SSSR count). The van der Waals surface area contributed by atoms with Crippen LogP contribution in [0.5, 0.6) is 0 Å². The van der Waals surface area contributed by atoms with Gasteiger partial charge in [0.2, 0.25) is 0 Å². The standard InChI is InChI=1S/C25H24O/c1-13-9-20-23-16-7-8-25(20,12-16)24-19-11-18-14(3-2-4-17(18)22(13)23)10-15(19)5-6-21(24)26/h2-4,10-11,13,16,22,24H,5-9,12H2,1H3. The lowest BCUT2D eigenvalue weighted by Crippen LogP contribution is -2.36. The van der Waals surface area contributed by atoms with Crippen LogP contribution in [0, 0.1) is 17.3 Å². The smallest absolute Gasteiger partial charge is 0.141 e. The van der Waals surface area contributed by atoms with E-state index < -0.39 is 0 Å². The molecule has 1 saturated carbocycles. The second-order valence-corrected chi connectivity index (χ2v) is 9.71. The van der Waals surface area contributed by atoms with Crippen LogP contribution < -0.4 is 0 Å². The van der Waals surface area contributed by atoms with E-state index in [0.29, 0.717) is 17.6 Å². The van der Waals surface area contributed by atoms with E-state index >= 15 is 0 Å². The number of carbonyl (C=O) groups is 1. The number of allylic oxidation sites excluding steroid dienone is 2. The first-order valence-corrected chi connectivity index (χ1v) is 10.5. The van der Waals surface area contributed by atoms with Gasteiger partial charge < -0.3 is 0 Å². The maximum atomic E-state index is 13.3. The Morgan fingerprint density at radius 1 is 1.12 bits per heavy atom. The Morgan fingerprint density at radius 3 is 2.96 bits per heavy atom. The van der Waals surface area contributed by atoms with Crippen LogP contribution >= 0.6 is 0 Å². The number of hydrogen-bond acceptors (Lipinski definition) is 1. The van der Waals surface area contributed by atoms with E-state index in [2.05, 4.69) is 37.3 Å². The lowest BCUT2D eigenvalue weighted by molar-refractivity contribution is -0.123. The molecule has 2 aromatic rings. The maximum absolute atomic E-state index is 13.3. The molecule has 0 heterocycles. The van der Waals surface area contributed by atoms with Crippen LogP contribution in [0.3, 0.4) is 0 Å². The van der Waals surface area contributed by atoms with Crippen LogP contribution in [0.25, 0.3) is 10.8 Å². The molecule has 0 N–H and O–H groups in total. The van der Waals surface area contributed by atoms with Gasteiger partial charge >= 0.3 is 0 Å². The third-order valence-corrected chi connectivity index (χ3v) is 8.70. The molecule has 5 aliphatic rings. The fourth-order valence-electron chi connectivity index (χ4n) is 7.92. The van der Waals surface area contributed by atoms with Crippen LogP contribution in [0.1, 0.15) is 67.6 Å². The van der Waals surface area contributed by atoms with Crippen molar-refractivity contribution in [1.29, 1.82) is 0 Å². The van der Waals surface area contributed by atoms with Crippen molar-refractivity contribution < 1.29 is 4.79 Å². The molecular formula is C25H24O. The molecule has 7 bridgehead atoms. The van der Waals surface area contributed by atoms with Gasteiger partial charge in [-0.15, -0.1) is 0 Å². The first kappa shape index (κ1) is 14.2. The van der Waals surface area contributed by atoms with Crippen LogP contribution in [0.4, 0.5) is 0 Å². The number of hydrogen-bond donors (Lipinski definition) is 0. The van der Waals surface area contributed by atoms with Crippen molar-refractivity contribution in [2.24, 2.45) is 17.3 Å². The van der Waals surface area contributed by atoms with Crippen molar-refractivity contribution in [3.05, 3.63) is 58.2 Å². The number of fused-ring (bicyclic) bond motifs is 2. The van der Waals surface area contributed by atoms with E-state index in [9.17, 15) is 4.79 Å². The van der Waals surface area contributed by atoms with E-state index in [1.807, 2.05) is 0 Å². The van der Waals surface area contributed by atoms with Gasteiger partial charge in [0.25, 0.3) is 0 Å². The topological polar surface area (TPSA) is 17.1 Å². The molecule has 0 radical (unpaired) electrons. The molecule has 1 heteroatoms. The minimum atomic E-state index is 0.144. The zero-order valence-electron chi connectivity index (χ0n) is 15.3. The van der Waals surface area contributed by atoms with Crippen molar-refractivity contribution in [1.82, 2.24) is 0 Å². The second-order valence-electron chi connectivity index (χ2n) is 9.71. The molecule has 1 spiro atoms. The quantitative estimate of drug-likeness (QED) is 0.565. The Balaban J connectivity index is 1.68. The molecule has 0 aliphatic heterocycles.